The number of phenolic OH excluding ortho intramolecular Hbond substituents is 1. The van der Waals surface area contributed by atoms with Crippen LogP contribution < -0.4 is 0 Å². The molecule has 3 heteroatoms. The van der Waals surface area contributed by atoms with Crippen molar-refractivity contribution in [3.8, 4) is 5.75 Å². The number of hydrogen-bond acceptors (Lipinski definition) is 3. The lowest BCUT2D eigenvalue weighted by molar-refractivity contribution is -0.117. The molecule has 0 heterocycles. The van der Waals surface area contributed by atoms with Gasteiger partial charge in [-0.15, -0.1) is 0 Å². The van der Waals surface area contributed by atoms with Crippen molar-refractivity contribution in [3.63, 3.8) is 0 Å². The number of aromatic hydroxyl groups is 1. The molecule has 1 atom stereocenters. The Hall–Kier alpha value is -1.61. The fraction of sp³-hybridized carbons (Fsp3) is 0.308. The number of hydrogen-bond donors (Lipinski definition) is 2. The number of carbonyl (C=O) groups is 1. The Kier molecular flexibility index (Phi) is 3.06. The topological polar surface area (TPSA) is 57.5 Å². The highest BCUT2D eigenvalue weighted by Gasteiger charge is 2.23. The van der Waals surface area contributed by atoms with E-state index in [4.69, 9.17) is 0 Å². The van der Waals surface area contributed by atoms with Gasteiger partial charge in [-0.1, -0.05) is 24.3 Å². The van der Waals surface area contributed by atoms with E-state index in [1.165, 1.54) is 6.07 Å². The summed E-state index contributed by atoms with van der Waals surface area (Å²) in [6, 6.07) is 6.55. The van der Waals surface area contributed by atoms with Gasteiger partial charge in [0, 0.05) is 17.6 Å². The van der Waals surface area contributed by atoms with E-state index < -0.39 is 6.10 Å². The molecule has 0 aromatic heterocycles. The number of ketones is 1. The molecule has 0 saturated carbocycles. The number of rotatable bonds is 2. The summed E-state index contributed by atoms with van der Waals surface area (Å²) >= 11 is 0. The van der Waals surface area contributed by atoms with Gasteiger partial charge in [0.25, 0.3) is 0 Å². The fourth-order valence-corrected chi connectivity index (χ4v) is 1.93. The fourth-order valence-electron chi connectivity index (χ4n) is 1.93. The number of benzene rings is 1. The van der Waals surface area contributed by atoms with E-state index in [1.54, 1.807) is 24.3 Å². The third-order valence-electron chi connectivity index (χ3n) is 2.82. The SMILES string of the molecule is O=C1CCCC=C1C(O)c1ccccc1O. The van der Waals surface area contributed by atoms with Crippen LogP contribution in [-0.2, 0) is 4.79 Å². The average Bonchev–Trinajstić information content (AvgIpc) is 2.29. The summed E-state index contributed by atoms with van der Waals surface area (Å²) in [6.07, 6.45) is 2.90. The third-order valence-corrected chi connectivity index (χ3v) is 2.82. The van der Waals surface area contributed by atoms with Gasteiger partial charge >= 0.3 is 0 Å². The minimum atomic E-state index is -1.01. The molecule has 0 radical (unpaired) electrons. The van der Waals surface area contributed by atoms with E-state index in [-0.39, 0.29) is 11.5 Å². The Labute approximate surface area is 94.0 Å². The zero-order chi connectivity index (χ0) is 11.5. The van der Waals surface area contributed by atoms with E-state index >= 15 is 0 Å². The largest absolute Gasteiger partial charge is 0.508 e. The maximum absolute atomic E-state index is 11.6. The van der Waals surface area contributed by atoms with Gasteiger partial charge in [-0.3, -0.25) is 4.79 Å². The van der Waals surface area contributed by atoms with Crippen molar-refractivity contribution in [2.75, 3.05) is 0 Å². The van der Waals surface area contributed by atoms with Crippen molar-refractivity contribution < 1.29 is 15.0 Å². The first-order valence-electron chi connectivity index (χ1n) is 5.39. The van der Waals surface area contributed by atoms with Crippen molar-refractivity contribution in [2.45, 2.75) is 25.4 Å². The maximum atomic E-state index is 11.6. The second kappa shape index (κ2) is 4.49. The molecule has 1 aromatic rings. The molecule has 0 amide bonds. The lowest BCUT2D eigenvalue weighted by Crippen LogP contribution is -2.14. The van der Waals surface area contributed by atoms with Crippen LogP contribution in [0.3, 0.4) is 0 Å². The third kappa shape index (κ3) is 1.99. The van der Waals surface area contributed by atoms with Crippen LogP contribution >= 0.6 is 0 Å². The first-order chi connectivity index (χ1) is 7.70. The molecule has 0 saturated heterocycles. The van der Waals surface area contributed by atoms with Gasteiger partial charge in [0.15, 0.2) is 5.78 Å². The van der Waals surface area contributed by atoms with E-state index in [1.807, 2.05) is 0 Å². The molecule has 0 aliphatic heterocycles. The Morgan fingerprint density at radius 2 is 2.00 bits per heavy atom. The molecule has 16 heavy (non-hydrogen) atoms. The van der Waals surface area contributed by atoms with Crippen LogP contribution in [0.25, 0.3) is 0 Å². The van der Waals surface area contributed by atoms with Crippen molar-refractivity contribution >= 4 is 5.78 Å². The van der Waals surface area contributed by atoms with Crippen LogP contribution in [0, 0.1) is 0 Å². The Bertz CT molecular complexity index is 435. The smallest absolute Gasteiger partial charge is 0.161 e. The highest BCUT2D eigenvalue weighted by atomic mass is 16.3. The molecule has 0 bridgehead atoms. The summed E-state index contributed by atoms with van der Waals surface area (Å²) in [5.41, 5.74) is 0.803. The molecule has 1 aromatic carbocycles. The number of carbonyl (C=O) groups excluding carboxylic acids is 1. The summed E-state index contributed by atoms with van der Waals surface area (Å²) in [5, 5.41) is 19.6. The molecule has 1 aliphatic rings. The van der Waals surface area contributed by atoms with Crippen LogP contribution in [0.15, 0.2) is 35.9 Å². The van der Waals surface area contributed by atoms with Crippen LogP contribution in [0.2, 0.25) is 0 Å². The van der Waals surface area contributed by atoms with E-state index in [2.05, 4.69) is 0 Å². The van der Waals surface area contributed by atoms with Crippen molar-refractivity contribution in [3.05, 3.63) is 41.5 Å². The zero-order valence-electron chi connectivity index (χ0n) is 8.89. The number of phenols is 1. The monoisotopic (exact) mass is 218 g/mol. The number of allylic oxidation sites excluding steroid dienone is 1. The van der Waals surface area contributed by atoms with Gasteiger partial charge in [0.2, 0.25) is 0 Å². The van der Waals surface area contributed by atoms with E-state index in [9.17, 15) is 15.0 Å². The van der Waals surface area contributed by atoms with Crippen molar-refractivity contribution in [1.82, 2.24) is 0 Å². The Balaban J connectivity index is 2.32. The van der Waals surface area contributed by atoms with Gasteiger partial charge in [0.1, 0.15) is 11.9 Å². The number of aliphatic hydroxyl groups is 1. The molecular weight excluding hydrogens is 204 g/mol. The summed E-state index contributed by atoms with van der Waals surface area (Å²) in [7, 11) is 0. The van der Waals surface area contributed by atoms with Crippen LogP contribution in [-0.4, -0.2) is 16.0 Å². The Morgan fingerprint density at radius 3 is 2.69 bits per heavy atom. The zero-order valence-corrected chi connectivity index (χ0v) is 8.89. The standard InChI is InChI=1S/C13H14O3/c14-11-7-3-1-5-9(11)13(16)10-6-2-4-8-12(10)15/h1,3,5-7,13-14,16H,2,4,8H2. The lowest BCUT2D eigenvalue weighted by Gasteiger charge is -2.18. The predicted molar refractivity (Wildman–Crippen MR) is 60.0 cm³/mol. The van der Waals surface area contributed by atoms with Crippen molar-refractivity contribution in [1.29, 1.82) is 0 Å². The minimum Gasteiger partial charge on any atom is -0.508 e. The van der Waals surface area contributed by atoms with Crippen LogP contribution in [0.5, 0.6) is 5.75 Å². The first-order valence-corrected chi connectivity index (χ1v) is 5.39. The highest BCUT2D eigenvalue weighted by molar-refractivity contribution is 5.97. The van der Waals surface area contributed by atoms with Gasteiger partial charge < -0.3 is 10.2 Å². The number of aliphatic hydroxyl groups excluding tert-OH is 1. The Morgan fingerprint density at radius 1 is 1.25 bits per heavy atom. The van der Waals surface area contributed by atoms with Crippen LogP contribution in [0.4, 0.5) is 0 Å². The minimum absolute atomic E-state index is 0.0225. The molecule has 2 N–H and O–H groups in total. The molecule has 0 spiro atoms. The van der Waals surface area contributed by atoms with E-state index in [0.717, 1.165) is 12.8 Å². The van der Waals surface area contributed by atoms with Gasteiger partial charge in [0.05, 0.1) is 0 Å². The van der Waals surface area contributed by atoms with E-state index in [0.29, 0.717) is 17.6 Å². The number of Topliss-reactive ketones (excluding diaryl/α,β-unsaturated/α-hetero) is 1. The first kappa shape index (κ1) is 10.9. The molecule has 1 aliphatic carbocycles. The molecule has 1 unspecified atom stereocenters. The summed E-state index contributed by atoms with van der Waals surface area (Å²) in [6.45, 7) is 0. The molecular formula is C13H14O3. The maximum Gasteiger partial charge on any atom is 0.161 e. The highest BCUT2D eigenvalue weighted by Crippen LogP contribution is 2.32. The molecule has 0 fully saturated rings. The quantitative estimate of drug-likeness (QED) is 0.799. The van der Waals surface area contributed by atoms with Crippen LogP contribution in [0.1, 0.15) is 30.9 Å². The summed E-state index contributed by atoms with van der Waals surface area (Å²) in [4.78, 5) is 11.6. The predicted octanol–water partition coefficient (Wildman–Crippen LogP) is 2.11. The van der Waals surface area contributed by atoms with Crippen molar-refractivity contribution in [2.24, 2.45) is 0 Å². The number of para-hydroxylation sites is 1. The molecule has 84 valence electrons. The van der Waals surface area contributed by atoms with Gasteiger partial charge in [-0.25, -0.2) is 0 Å². The summed E-state index contributed by atoms with van der Waals surface area (Å²) in [5.74, 6) is -0.00345. The van der Waals surface area contributed by atoms with Gasteiger partial charge in [-0.05, 0) is 18.9 Å². The lowest BCUT2D eigenvalue weighted by atomic mass is 9.90. The second-order valence-electron chi connectivity index (χ2n) is 3.94. The summed E-state index contributed by atoms with van der Waals surface area (Å²) < 4.78 is 0. The average molecular weight is 218 g/mol. The normalized spacial score (nSPS) is 18.1. The van der Waals surface area contributed by atoms with Gasteiger partial charge in [-0.2, -0.15) is 0 Å². The molecule has 3 nitrogen and oxygen atoms in total. The second-order valence-corrected chi connectivity index (χ2v) is 3.94. The molecule has 2 rings (SSSR count).